The Kier molecular flexibility index (Phi) is 4.69. The molecule has 0 aromatic rings. The molecule has 0 spiro atoms. The van der Waals surface area contributed by atoms with Crippen LogP contribution >= 0.6 is 0 Å². The summed E-state index contributed by atoms with van der Waals surface area (Å²) in [5.74, 6) is 0.262. The molecule has 1 atom stereocenters. The third-order valence-electron chi connectivity index (χ3n) is 2.76. The van der Waals surface area contributed by atoms with Gasteiger partial charge in [0.15, 0.2) is 0 Å². The van der Waals surface area contributed by atoms with Crippen LogP contribution in [0.2, 0.25) is 0 Å². The van der Waals surface area contributed by atoms with Crippen molar-refractivity contribution in [2.24, 2.45) is 11.7 Å². The molecule has 0 bridgehead atoms. The number of hydrogen-bond donors (Lipinski definition) is 2. The first-order valence-corrected chi connectivity index (χ1v) is 4.57. The second kappa shape index (κ2) is 4.73. The van der Waals surface area contributed by atoms with Crippen LogP contribution in [-0.2, 0) is 0 Å². The second-order valence-electron chi connectivity index (χ2n) is 3.15. The van der Waals surface area contributed by atoms with Gasteiger partial charge in [-0.2, -0.15) is 0 Å². The molecule has 2 nitrogen and oxygen atoms in total. The minimum absolute atomic E-state index is 0.262. The van der Waals surface area contributed by atoms with E-state index in [1.807, 2.05) is 13.8 Å². The smallest absolute Gasteiger partial charge is 0.0682 e. The highest BCUT2D eigenvalue weighted by atomic mass is 16.3. The van der Waals surface area contributed by atoms with Crippen LogP contribution in [0.4, 0.5) is 0 Å². The topological polar surface area (TPSA) is 46.2 Å². The fourth-order valence-electron chi connectivity index (χ4n) is 1.59. The number of rotatable bonds is 5. The largest absolute Gasteiger partial charge is 0.390 e. The Bertz CT molecular complexity index is 95.7. The van der Waals surface area contributed by atoms with Crippen molar-refractivity contribution in [1.29, 1.82) is 0 Å². The summed E-state index contributed by atoms with van der Waals surface area (Å²) < 4.78 is 0. The van der Waals surface area contributed by atoms with E-state index in [4.69, 9.17) is 5.73 Å². The first-order valence-electron chi connectivity index (χ1n) is 4.57. The summed E-state index contributed by atoms with van der Waals surface area (Å²) in [5, 5.41) is 10.0. The summed E-state index contributed by atoms with van der Waals surface area (Å²) in [5.41, 5.74) is 5.04. The molecule has 11 heavy (non-hydrogen) atoms. The van der Waals surface area contributed by atoms with Gasteiger partial charge in [-0.1, -0.05) is 20.8 Å². The van der Waals surface area contributed by atoms with Crippen molar-refractivity contribution in [1.82, 2.24) is 0 Å². The molecule has 0 fully saturated rings. The lowest BCUT2D eigenvalue weighted by molar-refractivity contribution is -0.0238. The van der Waals surface area contributed by atoms with Crippen molar-refractivity contribution < 1.29 is 5.11 Å². The van der Waals surface area contributed by atoms with Gasteiger partial charge in [0.05, 0.1) is 5.60 Å². The van der Waals surface area contributed by atoms with Gasteiger partial charge in [0, 0.05) is 0 Å². The molecule has 0 radical (unpaired) electrons. The molecule has 0 heterocycles. The van der Waals surface area contributed by atoms with Crippen LogP contribution in [0.3, 0.4) is 0 Å². The second-order valence-corrected chi connectivity index (χ2v) is 3.15. The Balaban J connectivity index is 4.19. The average Bonchev–Trinajstić information content (AvgIpc) is 2.06. The number of nitrogens with two attached hydrogens (primary N) is 1. The fourth-order valence-corrected chi connectivity index (χ4v) is 1.59. The third-order valence-corrected chi connectivity index (χ3v) is 2.76. The van der Waals surface area contributed by atoms with E-state index in [2.05, 4.69) is 6.92 Å². The minimum Gasteiger partial charge on any atom is -0.390 e. The molecule has 0 aliphatic heterocycles. The van der Waals surface area contributed by atoms with E-state index < -0.39 is 5.60 Å². The van der Waals surface area contributed by atoms with Crippen molar-refractivity contribution in [2.45, 2.75) is 45.6 Å². The lowest BCUT2D eigenvalue weighted by Gasteiger charge is -2.33. The van der Waals surface area contributed by atoms with E-state index in [0.717, 1.165) is 19.3 Å². The van der Waals surface area contributed by atoms with Crippen molar-refractivity contribution in [3.8, 4) is 0 Å². The van der Waals surface area contributed by atoms with Crippen molar-refractivity contribution in [3.05, 3.63) is 0 Å². The Morgan fingerprint density at radius 1 is 1.27 bits per heavy atom. The average molecular weight is 159 g/mol. The summed E-state index contributed by atoms with van der Waals surface area (Å²) in [4.78, 5) is 0. The zero-order valence-corrected chi connectivity index (χ0v) is 7.93. The first-order chi connectivity index (χ1) is 5.14. The van der Waals surface area contributed by atoms with Crippen LogP contribution in [0, 0.1) is 5.92 Å². The molecule has 68 valence electrons. The van der Waals surface area contributed by atoms with E-state index in [-0.39, 0.29) is 5.92 Å². The lowest BCUT2D eigenvalue weighted by Crippen LogP contribution is -2.40. The molecule has 0 amide bonds. The maximum absolute atomic E-state index is 10.0. The Morgan fingerprint density at radius 3 is 1.82 bits per heavy atom. The van der Waals surface area contributed by atoms with Gasteiger partial charge in [0.1, 0.15) is 0 Å². The number of aliphatic hydroxyl groups is 1. The van der Waals surface area contributed by atoms with Gasteiger partial charge in [-0.25, -0.2) is 0 Å². The molecular formula is C9H21NO. The summed E-state index contributed by atoms with van der Waals surface area (Å²) >= 11 is 0. The molecule has 0 saturated heterocycles. The lowest BCUT2D eigenvalue weighted by atomic mass is 9.81. The maximum atomic E-state index is 10.0. The van der Waals surface area contributed by atoms with Gasteiger partial charge in [0.25, 0.3) is 0 Å². The van der Waals surface area contributed by atoms with Crippen LogP contribution in [0.1, 0.15) is 40.0 Å². The summed E-state index contributed by atoms with van der Waals surface area (Å²) in [6, 6.07) is 0. The van der Waals surface area contributed by atoms with Crippen molar-refractivity contribution >= 4 is 0 Å². The molecule has 0 aromatic carbocycles. The minimum atomic E-state index is -0.524. The van der Waals surface area contributed by atoms with Crippen LogP contribution in [-0.4, -0.2) is 17.3 Å². The zero-order valence-electron chi connectivity index (χ0n) is 7.93. The molecule has 0 saturated carbocycles. The standard InChI is InChI=1S/C9H21NO/c1-4-8(7-10)9(11,5-2)6-3/h8,11H,4-7,10H2,1-3H3/t8-/m1/s1. The molecule has 0 aliphatic carbocycles. The highest BCUT2D eigenvalue weighted by Crippen LogP contribution is 2.26. The molecule has 2 heteroatoms. The first kappa shape index (κ1) is 10.9. The SMILES string of the molecule is CC[C@H](CN)C(O)(CC)CC. The van der Waals surface area contributed by atoms with Gasteiger partial charge in [-0.3, -0.25) is 0 Å². The Hall–Kier alpha value is -0.0800. The Labute approximate surface area is 69.8 Å². The normalized spacial score (nSPS) is 15.0. The van der Waals surface area contributed by atoms with E-state index in [1.54, 1.807) is 0 Å². The van der Waals surface area contributed by atoms with Crippen LogP contribution < -0.4 is 5.73 Å². The summed E-state index contributed by atoms with van der Waals surface area (Å²) in [6.45, 7) is 6.70. The van der Waals surface area contributed by atoms with E-state index >= 15 is 0 Å². The maximum Gasteiger partial charge on any atom is 0.0682 e. The molecule has 0 rings (SSSR count). The van der Waals surface area contributed by atoms with E-state index in [0.29, 0.717) is 6.54 Å². The van der Waals surface area contributed by atoms with Gasteiger partial charge in [0.2, 0.25) is 0 Å². The van der Waals surface area contributed by atoms with Crippen molar-refractivity contribution in [2.75, 3.05) is 6.54 Å². The van der Waals surface area contributed by atoms with Crippen LogP contribution in [0.25, 0.3) is 0 Å². The summed E-state index contributed by atoms with van der Waals surface area (Å²) in [7, 11) is 0. The van der Waals surface area contributed by atoms with Gasteiger partial charge in [-0.15, -0.1) is 0 Å². The fraction of sp³-hybridized carbons (Fsp3) is 1.00. The molecule has 0 unspecified atom stereocenters. The summed E-state index contributed by atoms with van der Waals surface area (Å²) in [6.07, 6.45) is 2.58. The Morgan fingerprint density at radius 2 is 1.73 bits per heavy atom. The highest BCUT2D eigenvalue weighted by molar-refractivity contribution is 4.83. The molecule has 3 N–H and O–H groups in total. The van der Waals surface area contributed by atoms with E-state index in [1.165, 1.54) is 0 Å². The van der Waals surface area contributed by atoms with E-state index in [9.17, 15) is 5.11 Å². The zero-order chi connectivity index (χ0) is 8.91. The van der Waals surface area contributed by atoms with Crippen molar-refractivity contribution in [3.63, 3.8) is 0 Å². The van der Waals surface area contributed by atoms with Gasteiger partial charge >= 0.3 is 0 Å². The monoisotopic (exact) mass is 159 g/mol. The van der Waals surface area contributed by atoms with Gasteiger partial charge in [-0.05, 0) is 31.7 Å². The van der Waals surface area contributed by atoms with Gasteiger partial charge < -0.3 is 10.8 Å². The number of hydrogen-bond acceptors (Lipinski definition) is 2. The van der Waals surface area contributed by atoms with Crippen LogP contribution in [0.15, 0.2) is 0 Å². The molecular weight excluding hydrogens is 138 g/mol. The van der Waals surface area contributed by atoms with Crippen LogP contribution in [0.5, 0.6) is 0 Å². The third kappa shape index (κ3) is 2.46. The quantitative estimate of drug-likeness (QED) is 0.639. The highest BCUT2D eigenvalue weighted by Gasteiger charge is 2.30. The predicted molar refractivity (Wildman–Crippen MR) is 48.4 cm³/mol. The molecule has 0 aromatic heterocycles. The predicted octanol–water partition coefficient (Wildman–Crippen LogP) is 1.52. The molecule has 0 aliphatic rings.